The number of benzene rings is 1. The molecule has 5 nitrogen and oxygen atoms in total. The summed E-state index contributed by atoms with van der Waals surface area (Å²) in [6.45, 7) is 2.75. The second kappa shape index (κ2) is 8.89. The van der Waals surface area contributed by atoms with Gasteiger partial charge in [-0.25, -0.2) is 4.79 Å². The number of nitrogens with zero attached hydrogens (tertiary/aromatic N) is 2. The van der Waals surface area contributed by atoms with Crippen LogP contribution in [-0.4, -0.2) is 69.3 Å². The summed E-state index contributed by atoms with van der Waals surface area (Å²) >= 11 is 0. The van der Waals surface area contributed by atoms with Crippen LogP contribution in [0.5, 0.6) is 0 Å². The van der Waals surface area contributed by atoms with Crippen molar-refractivity contribution in [3.8, 4) is 0 Å². The monoisotopic (exact) mass is 319 g/mol. The molecule has 1 aliphatic rings. The summed E-state index contributed by atoms with van der Waals surface area (Å²) in [5.41, 5.74) is 2.78. The van der Waals surface area contributed by atoms with Gasteiger partial charge in [0.2, 0.25) is 0 Å². The summed E-state index contributed by atoms with van der Waals surface area (Å²) in [6.07, 6.45) is 2.97. The number of amides is 2. The lowest BCUT2D eigenvalue weighted by atomic mass is 9.88. The van der Waals surface area contributed by atoms with Crippen molar-refractivity contribution in [2.45, 2.75) is 25.3 Å². The molecule has 0 bridgehead atoms. The molecule has 0 aliphatic heterocycles. The first kappa shape index (κ1) is 17.8. The van der Waals surface area contributed by atoms with Crippen LogP contribution < -0.4 is 5.32 Å². The minimum absolute atomic E-state index is 0.0216. The summed E-state index contributed by atoms with van der Waals surface area (Å²) < 4.78 is 5.13. The third kappa shape index (κ3) is 5.52. The first-order valence-electron chi connectivity index (χ1n) is 8.36. The van der Waals surface area contributed by atoms with E-state index in [1.54, 1.807) is 7.11 Å². The van der Waals surface area contributed by atoms with Gasteiger partial charge in [-0.15, -0.1) is 0 Å². The maximum absolute atomic E-state index is 12.6. The highest BCUT2D eigenvalue weighted by atomic mass is 16.5. The van der Waals surface area contributed by atoms with Gasteiger partial charge in [0.15, 0.2) is 0 Å². The van der Waals surface area contributed by atoms with E-state index in [4.69, 9.17) is 4.74 Å². The standard InChI is InChI=1S/C18H29N3O2/c1-20(2)10-11-21(12-13-23-3)18(22)19-17-9-8-15-6-4-5-7-16(15)14-17/h4-7,17H,8-14H2,1-3H3,(H,19,22). The molecular formula is C18H29N3O2. The summed E-state index contributed by atoms with van der Waals surface area (Å²) in [5.74, 6) is 0. The Labute approximate surface area is 139 Å². The smallest absolute Gasteiger partial charge is 0.317 e. The number of nitrogens with one attached hydrogen (secondary N) is 1. The van der Waals surface area contributed by atoms with Crippen molar-refractivity contribution in [3.63, 3.8) is 0 Å². The van der Waals surface area contributed by atoms with Gasteiger partial charge in [0, 0.05) is 32.8 Å². The molecule has 1 unspecified atom stereocenters. The lowest BCUT2D eigenvalue weighted by Gasteiger charge is -2.30. The second-order valence-electron chi connectivity index (χ2n) is 6.44. The molecule has 1 atom stereocenters. The molecule has 2 amide bonds. The van der Waals surface area contributed by atoms with E-state index in [0.717, 1.165) is 25.8 Å². The van der Waals surface area contributed by atoms with Crippen molar-refractivity contribution < 1.29 is 9.53 Å². The first-order chi connectivity index (χ1) is 11.1. The van der Waals surface area contributed by atoms with Gasteiger partial charge in [-0.1, -0.05) is 24.3 Å². The number of carbonyl (C=O) groups is 1. The van der Waals surface area contributed by atoms with E-state index in [1.807, 2.05) is 19.0 Å². The molecule has 1 aromatic carbocycles. The van der Waals surface area contributed by atoms with E-state index in [1.165, 1.54) is 11.1 Å². The van der Waals surface area contributed by atoms with Crippen LogP contribution in [0.3, 0.4) is 0 Å². The van der Waals surface area contributed by atoms with E-state index in [0.29, 0.717) is 19.7 Å². The second-order valence-corrected chi connectivity index (χ2v) is 6.44. The van der Waals surface area contributed by atoms with E-state index >= 15 is 0 Å². The fraction of sp³-hybridized carbons (Fsp3) is 0.611. The fourth-order valence-corrected chi connectivity index (χ4v) is 2.92. The summed E-state index contributed by atoms with van der Waals surface area (Å²) in [5, 5.41) is 3.21. The Morgan fingerprint density at radius 2 is 1.96 bits per heavy atom. The van der Waals surface area contributed by atoms with Crippen LogP contribution in [-0.2, 0) is 17.6 Å². The van der Waals surface area contributed by atoms with Gasteiger partial charge in [-0.2, -0.15) is 0 Å². The highest BCUT2D eigenvalue weighted by Gasteiger charge is 2.22. The zero-order chi connectivity index (χ0) is 16.7. The molecule has 128 valence electrons. The quantitative estimate of drug-likeness (QED) is 0.833. The number of rotatable bonds is 7. The van der Waals surface area contributed by atoms with Crippen LogP contribution in [0.1, 0.15) is 17.5 Å². The molecule has 5 heteroatoms. The number of urea groups is 1. The zero-order valence-electron chi connectivity index (χ0n) is 14.5. The lowest BCUT2D eigenvalue weighted by Crippen LogP contribution is -2.49. The first-order valence-corrected chi connectivity index (χ1v) is 8.36. The zero-order valence-corrected chi connectivity index (χ0v) is 14.5. The average Bonchev–Trinajstić information content (AvgIpc) is 2.54. The Bertz CT molecular complexity index is 505. The summed E-state index contributed by atoms with van der Waals surface area (Å²) in [4.78, 5) is 16.5. The predicted molar refractivity (Wildman–Crippen MR) is 92.8 cm³/mol. The number of fused-ring (bicyclic) bond motifs is 1. The number of carbonyl (C=O) groups excluding carboxylic acids is 1. The largest absolute Gasteiger partial charge is 0.383 e. The van der Waals surface area contributed by atoms with Gasteiger partial charge in [-0.3, -0.25) is 0 Å². The molecule has 0 radical (unpaired) electrons. The number of methoxy groups -OCH3 is 1. The van der Waals surface area contributed by atoms with Gasteiger partial charge in [0.25, 0.3) is 0 Å². The topological polar surface area (TPSA) is 44.8 Å². The lowest BCUT2D eigenvalue weighted by molar-refractivity contribution is 0.143. The van der Waals surface area contributed by atoms with E-state index in [-0.39, 0.29) is 12.1 Å². The summed E-state index contributed by atoms with van der Waals surface area (Å²) in [7, 11) is 5.70. The molecule has 1 aliphatic carbocycles. The van der Waals surface area contributed by atoms with Crippen LogP contribution in [0.4, 0.5) is 4.79 Å². The van der Waals surface area contributed by atoms with Gasteiger partial charge in [0.1, 0.15) is 0 Å². The van der Waals surface area contributed by atoms with Crippen molar-refractivity contribution >= 4 is 6.03 Å². The maximum Gasteiger partial charge on any atom is 0.317 e. The van der Waals surface area contributed by atoms with Crippen molar-refractivity contribution in [1.29, 1.82) is 0 Å². The van der Waals surface area contributed by atoms with Crippen LogP contribution in [0.2, 0.25) is 0 Å². The molecule has 0 heterocycles. The highest BCUT2D eigenvalue weighted by Crippen LogP contribution is 2.21. The molecule has 23 heavy (non-hydrogen) atoms. The molecular weight excluding hydrogens is 290 g/mol. The molecule has 0 spiro atoms. The van der Waals surface area contributed by atoms with Crippen molar-refractivity contribution in [2.75, 3.05) is 47.4 Å². The molecule has 1 aromatic rings. The SMILES string of the molecule is COCCN(CCN(C)C)C(=O)NC1CCc2ccccc2C1. The fourth-order valence-electron chi connectivity index (χ4n) is 2.92. The molecule has 0 saturated heterocycles. The molecule has 1 N–H and O–H groups in total. The van der Waals surface area contributed by atoms with E-state index in [2.05, 4.69) is 34.5 Å². The normalized spacial score (nSPS) is 17.0. The van der Waals surface area contributed by atoms with Gasteiger partial charge >= 0.3 is 6.03 Å². The number of hydrogen-bond acceptors (Lipinski definition) is 3. The Morgan fingerprint density at radius 1 is 1.22 bits per heavy atom. The van der Waals surface area contributed by atoms with Crippen molar-refractivity contribution in [2.24, 2.45) is 0 Å². The minimum Gasteiger partial charge on any atom is -0.383 e. The molecule has 0 saturated carbocycles. The number of aryl methyl sites for hydroxylation is 1. The van der Waals surface area contributed by atoms with Crippen LogP contribution in [0.15, 0.2) is 24.3 Å². The number of ether oxygens (including phenoxy) is 1. The van der Waals surface area contributed by atoms with Crippen LogP contribution in [0.25, 0.3) is 0 Å². The maximum atomic E-state index is 12.6. The Hall–Kier alpha value is -1.59. The molecule has 0 fully saturated rings. The number of hydrogen-bond donors (Lipinski definition) is 1. The minimum atomic E-state index is 0.0216. The van der Waals surface area contributed by atoms with Crippen LogP contribution in [0, 0.1) is 0 Å². The predicted octanol–water partition coefficient (Wildman–Crippen LogP) is 1.76. The van der Waals surface area contributed by atoms with Gasteiger partial charge < -0.3 is 19.9 Å². The van der Waals surface area contributed by atoms with E-state index in [9.17, 15) is 4.79 Å². The Kier molecular flexibility index (Phi) is 6.86. The van der Waals surface area contributed by atoms with Gasteiger partial charge in [0.05, 0.1) is 6.61 Å². The third-order valence-corrected chi connectivity index (χ3v) is 4.34. The van der Waals surface area contributed by atoms with Crippen LogP contribution >= 0.6 is 0 Å². The Morgan fingerprint density at radius 3 is 2.65 bits per heavy atom. The third-order valence-electron chi connectivity index (χ3n) is 4.34. The molecule has 2 rings (SSSR count). The summed E-state index contributed by atoms with van der Waals surface area (Å²) in [6, 6.07) is 8.77. The average molecular weight is 319 g/mol. The van der Waals surface area contributed by atoms with Crippen molar-refractivity contribution in [1.82, 2.24) is 15.1 Å². The molecule has 0 aromatic heterocycles. The van der Waals surface area contributed by atoms with Gasteiger partial charge in [-0.05, 0) is 44.5 Å². The Balaban J connectivity index is 1.90. The van der Waals surface area contributed by atoms with Crippen molar-refractivity contribution in [3.05, 3.63) is 35.4 Å². The highest BCUT2D eigenvalue weighted by molar-refractivity contribution is 5.74. The van der Waals surface area contributed by atoms with E-state index < -0.39 is 0 Å². The number of likely N-dealkylation sites (N-methyl/N-ethyl adjacent to an activating group) is 1.